The van der Waals surface area contributed by atoms with E-state index in [9.17, 15) is 14.0 Å². The SMILES string of the molecule is Cc1ccc(Cl)cc1N1CCC(C(=O)Nc2cccc(F)c2)C1=O. The van der Waals surface area contributed by atoms with Crippen LogP contribution in [0.25, 0.3) is 0 Å². The molecule has 0 bridgehead atoms. The van der Waals surface area contributed by atoms with Crippen LogP contribution in [0.5, 0.6) is 0 Å². The van der Waals surface area contributed by atoms with Gasteiger partial charge in [0.25, 0.3) is 0 Å². The number of halogens is 2. The second-order valence-corrected chi connectivity index (χ2v) is 6.20. The van der Waals surface area contributed by atoms with Gasteiger partial charge in [-0.15, -0.1) is 0 Å². The lowest BCUT2D eigenvalue weighted by Crippen LogP contribution is -2.33. The van der Waals surface area contributed by atoms with Gasteiger partial charge in [0.05, 0.1) is 0 Å². The number of hydrogen-bond acceptors (Lipinski definition) is 2. The first kappa shape index (κ1) is 16.5. The van der Waals surface area contributed by atoms with Gasteiger partial charge in [0.15, 0.2) is 0 Å². The zero-order chi connectivity index (χ0) is 17.3. The third-order valence-electron chi connectivity index (χ3n) is 4.08. The lowest BCUT2D eigenvalue weighted by Gasteiger charge is -2.19. The monoisotopic (exact) mass is 346 g/mol. The summed E-state index contributed by atoms with van der Waals surface area (Å²) in [6, 6.07) is 10.9. The van der Waals surface area contributed by atoms with Crippen LogP contribution in [0.3, 0.4) is 0 Å². The number of carbonyl (C=O) groups is 2. The fourth-order valence-corrected chi connectivity index (χ4v) is 3.00. The average molecular weight is 347 g/mol. The Morgan fingerprint density at radius 2 is 2.08 bits per heavy atom. The van der Waals surface area contributed by atoms with Gasteiger partial charge in [0.2, 0.25) is 11.8 Å². The van der Waals surface area contributed by atoms with Crippen molar-refractivity contribution in [1.82, 2.24) is 0 Å². The van der Waals surface area contributed by atoms with Gasteiger partial charge in [-0.25, -0.2) is 4.39 Å². The molecule has 3 rings (SSSR count). The van der Waals surface area contributed by atoms with Gasteiger partial charge < -0.3 is 10.2 Å². The van der Waals surface area contributed by atoms with Crippen LogP contribution in [0.4, 0.5) is 15.8 Å². The zero-order valence-electron chi connectivity index (χ0n) is 13.1. The van der Waals surface area contributed by atoms with Crippen molar-refractivity contribution in [3.8, 4) is 0 Å². The van der Waals surface area contributed by atoms with E-state index < -0.39 is 17.6 Å². The fourth-order valence-electron chi connectivity index (χ4n) is 2.83. The second kappa shape index (κ2) is 6.61. The highest BCUT2D eigenvalue weighted by Crippen LogP contribution is 2.30. The molecule has 124 valence electrons. The summed E-state index contributed by atoms with van der Waals surface area (Å²) in [5.74, 6) is -1.92. The van der Waals surface area contributed by atoms with E-state index in [1.54, 1.807) is 23.1 Å². The van der Waals surface area contributed by atoms with E-state index in [0.717, 1.165) is 5.56 Å². The van der Waals surface area contributed by atoms with Gasteiger partial charge in [-0.2, -0.15) is 0 Å². The van der Waals surface area contributed by atoms with Crippen molar-refractivity contribution >= 4 is 34.8 Å². The molecule has 0 spiro atoms. The number of benzene rings is 2. The number of hydrogen-bond donors (Lipinski definition) is 1. The molecule has 1 unspecified atom stereocenters. The number of carbonyl (C=O) groups excluding carboxylic acids is 2. The number of anilines is 2. The topological polar surface area (TPSA) is 49.4 Å². The first-order valence-corrected chi connectivity index (χ1v) is 7.97. The quantitative estimate of drug-likeness (QED) is 0.860. The van der Waals surface area contributed by atoms with Gasteiger partial charge in [-0.05, 0) is 49.2 Å². The van der Waals surface area contributed by atoms with Crippen molar-refractivity contribution in [1.29, 1.82) is 0 Å². The van der Waals surface area contributed by atoms with E-state index >= 15 is 0 Å². The van der Waals surface area contributed by atoms with Crippen molar-refractivity contribution in [3.63, 3.8) is 0 Å². The Balaban J connectivity index is 1.76. The van der Waals surface area contributed by atoms with Crippen LogP contribution in [0.2, 0.25) is 5.02 Å². The van der Waals surface area contributed by atoms with E-state index in [1.807, 2.05) is 13.0 Å². The van der Waals surface area contributed by atoms with E-state index in [0.29, 0.717) is 29.4 Å². The molecule has 1 atom stereocenters. The predicted octanol–water partition coefficient (Wildman–Crippen LogP) is 3.78. The highest BCUT2D eigenvalue weighted by Gasteiger charge is 2.38. The highest BCUT2D eigenvalue weighted by atomic mass is 35.5. The summed E-state index contributed by atoms with van der Waals surface area (Å²) in [6.45, 7) is 2.33. The van der Waals surface area contributed by atoms with Gasteiger partial charge >= 0.3 is 0 Å². The number of aryl methyl sites for hydroxylation is 1. The molecular weight excluding hydrogens is 331 g/mol. The minimum atomic E-state index is -0.786. The molecule has 0 radical (unpaired) electrons. The minimum absolute atomic E-state index is 0.269. The summed E-state index contributed by atoms with van der Waals surface area (Å²) in [4.78, 5) is 26.6. The van der Waals surface area contributed by atoms with Gasteiger partial charge in [0.1, 0.15) is 11.7 Å². The Hall–Kier alpha value is -2.40. The third-order valence-corrected chi connectivity index (χ3v) is 4.31. The Labute approximate surface area is 144 Å². The molecule has 24 heavy (non-hydrogen) atoms. The maximum Gasteiger partial charge on any atom is 0.239 e. The lowest BCUT2D eigenvalue weighted by molar-refractivity contribution is -0.129. The molecule has 1 saturated heterocycles. The van der Waals surface area contributed by atoms with Crippen molar-refractivity contribution in [2.45, 2.75) is 13.3 Å². The fraction of sp³-hybridized carbons (Fsp3) is 0.222. The molecule has 0 aliphatic carbocycles. The van der Waals surface area contributed by atoms with Crippen LogP contribution < -0.4 is 10.2 Å². The normalized spacial score (nSPS) is 17.2. The first-order chi connectivity index (χ1) is 11.5. The van der Waals surface area contributed by atoms with E-state index in [4.69, 9.17) is 11.6 Å². The Bertz CT molecular complexity index is 809. The van der Waals surface area contributed by atoms with Crippen LogP contribution in [0.15, 0.2) is 42.5 Å². The average Bonchev–Trinajstić information content (AvgIpc) is 2.91. The van der Waals surface area contributed by atoms with Crippen molar-refractivity contribution in [2.24, 2.45) is 5.92 Å². The molecule has 0 aromatic heterocycles. The summed E-state index contributed by atoms with van der Waals surface area (Å²) < 4.78 is 13.2. The Kier molecular flexibility index (Phi) is 4.53. The maximum absolute atomic E-state index is 13.2. The van der Waals surface area contributed by atoms with Crippen LogP contribution in [0, 0.1) is 18.7 Å². The Morgan fingerprint density at radius 1 is 1.29 bits per heavy atom. The minimum Gasteiger partial charge on any atom is -0.325 e. The molecule has 2 aromatic rings. The van der Waals surface area contributed by atoms with Gasteiger partial charge in [-0.3, -0.25) is 9.59 Å². The lowest BCUT2D eigenvalue weighted by atomic mass is 10.1. The summed E-state index contributed by atoms with van der Waals surface area (Å²) in [7, 11) is 0. The number of nitrogens with one attached hydrogen (secondary N) is 1. The summed E-state index contributed by atoms with van der Waals surface area (Å²) in [5.41, 5.74) is 1.97. The highest BCUT2D eigenvalue weighted by molar-refractivity contribution is 6.31. The smallest absolute Gasteiger partial charge is 0.239 e. The molecule has 2 aromatic carbocycles. The second-order valence-electron chi connectivity index (χ2n) is 5.76. The molecule has 1 aliphatic rings. The van der Waals surface area contributed by atoms with Crippen LogP contribution in [0.1, 0.15) is 12.0 Å². The van der Waals surface area contributed by atoms with Crippen LogP contribution in [-0.4, -0.2) is 18.4 Å². The van der Waals surface area contributed by atoms with E-state index in [1.165, 1.54) is 18.2 Å². The Morgan fingerprint density at radius 3 is 2.83 bits per heavy atom. The largest absolute Gasteiger partial charge is 0.325 e. The van der Waals surface area contributed by atoms with Crippen molar-refractivity contribution in [3.05, 3.63) is 58.9 Å². The standard InChI is InChI=1S/C18H16ClFN2O2/c1-11-5-6-12(19)9-16(11)22-8-7-15(18(22)24)17(23)21-14-4-2-3-13(20)10-14/h2-6,9-10,15H,7-8H2,1H3,(H,21,23). The summed E-state index contributed by atoms with van der Waals surface area (Å²) >= 11 is 6.01. The molecule has 6 heteroatoms. The predicted molar refractivity (Wildman–Crippen MR) is 91.7 cm³/mol. The van der Waals surface area contributed by atoms with Gasteiger partial charge in [-0.1, -0.05) is 23.7 Å². The van der Waals surface area contributed by atoms with E-state index in [2.05, 4.69) is 5.32 Å². The molecule has 4 nitrogen and oxygen atoms in total. The molecule has 1 aliphatic heterocycles. The molecular formula is C18H16ClFN2O2. The first-order valence-electron chi connectivity index (χ1n) is 7.59. The number of nitrogens with zero attached hydrogens (tertiary/aromatic N) is 1. The molecule has 1 fully saturated rings. The van der Waals surface area contributed by atoms with Crippen LogP contribution in [-0.2, 0) is 9.59 Å². The van der Waals surface area contributed by atoms with Crippen LogP contribution >= 0.6 is 11.6 Å². The zero-order valence-corrected chi connectivity index (χ0v) is 13.8. The van der Waals surface area contributed by atoms with E-state index in [-0.39, 0.29) is 5.91 Å². The summed E-state index contributed by atoms with van der Waals surface area (Å²) in [5, 5.41) is 3.14. The molecule has 0 saturated carbocycles. The number of amides is 2. The van der Waals surface area contributed by atoms with Gasteiger partial charge in [0, 0.05) is 22.9 Å². The molecule has 1 N–H and O–H groups in total. The maximum atomic E-state index is 13.2. The molecule has 2 amide bonds. The number of rotatable bonds is 3. The third kappa shape index (κ3) is 3.26. The summed E-state index contributed by atoms with van der Waals surface area (Å²) in [6.07, 6.45) is 0.409. The van der Waals surface area contributed by atoms with Crippen molar-refractivity contribution in [2.75, 3.05) is 16.8 Å². The van der Waals surface area contributed by atoms with Crippen molar-refractivity contribution < 1.29 is 14.0 Å². The molecule has 1 heterocycles.